The highest BCUT2D eigenvalue weighted by Gasteiger charge is 2.51. The molecule has 34 heavy (non-hydrogen) atoms. The van der Waals surface area contributed by atoms with Crippen LogP contribution in [0.5, 0.6) is 0 Å². The Bertz CT molecular complexity index is 650. The van der Waals surface area contributed by atoms with Gasteiger partial charge in [0.05, 0.1) is 12.2 Å². The van der Waals surface area contributed by atoms with Gasteiger partial charge in [-0.3, -0.25) is 0 Å². The Labute approximate surface area is 194 Å². The van der Waals surface area contributed by atoms with Crippen LogP contribution in [0.1, 0.15) is 20.8 Å². The number of aliphatic hydroxyl groups excluding tert-OH is 9. The van der Waals surface area contributed by atoms with Gasteiger partial charge in [0.1, 0.15) is 48.8 Å². The van der Waals surface area contributed by atoms with Crippen LogP contribution in [0.2, 0.25) is 0 Å². The molecule has 0 spiro atoms. The predicted octanol–water partition coefficient (Wildman–Crippen LogP) is -5.20. The first-order valence-electron chi connectivity index (χ1n) is 10.7. The molecule has 2 aliphatic rings. The Balaban J connectivity index is 2.29. The summed E-state index contributed by atoms with van der Waals surface area (Å²) in [6, 6.07) is 0. The van der Waals surface area contributed by atoms with Gasteiger partial charge >= 0.3 is 5.97 Å². The second-order valence-corrected chi connectivity index (χ2v) is 8.77. The SMILES string of the molecule is CC(C)[C@@H](O)C(O)C(O[C@H]1OC(C(=O)O)[C@@H](O)C(O)C1O)[C@@H](O)OC1C(O)[C@H](O)OC(C)[C@H]1O. The third-order valence-corrected chi connectivity index (χ3v) is 5.85. The van der Waals surface area contributed by atoms with Crippen LogP contribution in [0, 0.1) is 5.92 Å². The van der Waals surface area contributed by atoms with Crippen LogP contribution in [0.15, 0.2) is 0 Å². The molecule has 0 bridgehead atoms. The number of aliphatic carboxylic acids is 1. The van der Waals surface area contributed by atoms with E-state index < -0.39 is 97.9 Å². The van der Waals surface area contributed by atoms with Crippen molar-refractivity contribution in [2.75, 3.05) is 0 Å². The molecular formula is C19H34O15. The summed E-state index contributed by atoms with van der Waals surface area (Å²) in [5, 5.41) is 101. The van der Waals surface area contributed by atoms with E-state index >= 15 is 0 Å². The van der Waals surface area contributed by atoms with Crippen LogP contribution in [-0.2, 0) is 23.7 Å². The van der Waals surface area contributed by atoms with Gasteiger partial charge in [-0.1, -0.05) is 13.8 Å². The van der Waals surface area contributed by atoms with E-state index in [1.165, 1.54) is 20.8 Å². The predicted molar refractivity (Wildman–Crippen MR) is 105 cm³/mol. The zero-order valence-corrected chi connectivity index (χ0v) is 18.7. The van der Waals surface area contributed by atoms with E-state index in [1.54, 1.807) is 0 Å². The van der Waals surface area contributed by atoms with Crippen LogP contribution in [0.25, 0.3) is 0 Å². The standard InChI is InChI=1S/C19H34O15/c1-4(2)6(20)9(23)15(18(30)32-13-7(21)5(3)31-17(29)12(13)26)34-19-11(25)8(22)10(24)14(33-19)16(27)28/h4-15,17-26,29-30H,1-3H3,(H,27,28)/t5?,6-,7-,8?,9?,10+,11?,12?,13?,14?,15?,17-,18+,19-/m1/s1. The first kappa shape index (κ1) is 29.2. The largest absolute Gasteiger partial charge is 0.479 e. The molecule has 15 nitrogen and oxygen atoms in total. The number of carbonyl (C=O) groups is 1. The van der Waals surface area contributed by atoms with Gasteiger partial charge in [0.2, 0.25) is 0 Å². The van der Waals surface area contributed by atoms with Crippen molar-refractivity contribution in [3.05, 3.63) is 0 Å². The maximum absolute atomic E-state index is 11.3. The summed E-state index contributed by atoms with van der Waals surface area (Å²) in [5.41, 5.74) is 0. The Kier molecular flexibility index (Phi) is 10.1. The van der Waals surface area contributed by atoms with Gasteiger partial charge < -0.3 is 70.0 Å². The van der Waals surface area contributed by atoms with E-state index in [2.05, 4.69) is 0 Å². The Morgan fingerprint density at radius 2 is 1.38 bits per heavy atom. The van der Waals surface area contributed by atoms with Crippen molar-refractivity contribution >= 4 is 5.97 Å². The minimum Gasteiger partial charge on any atom is -0.479 e. The second-order valence-electron chi connectivity index (χ2n) is 8.77. The molecule has 14 atom stereocenters. The molecular weight excluding hydrogens is 468 g/mol. The fraction of sp³-hybridized carbons (Fsp3) is 0.947. The van der Waals surface area contributed by atoms with E-state index in [9.17, 15) is 55.9 Å². The van der Waals surface area contributed by atoms with Gasteiger partial charge in [-0.05, 0) is 12.8 Å². The monoisotopic (exact) mass is 502 g/mol. The summed E-state index contributed by atoms with van der Waals surface area (Å²) in [6.07, 6.45) is -26.0. The molecule has 0 radical (unpaired) electrons. The van der Waals surface area contributed by atoms with Crippen LogP contribution in [0.3, 0.4) is 0 Å². The normalized spacial score (nSPS) is 42.7. The first-order valence-corrected chi connectivity index (χ1v) is 10.7. The number of hydrogen-bond acceptors (Lipinski definition) is 14. The molecule has 2 aliphatic heterocycles. The summed E-state index contributed by atoms with van der Waals surface area (Å²) < 4.78 is 20.4. The average molecular weight is 502 g/mol. The Morgan fingerprint density at radius 3 is 1.91 bits per heavy atom. The van der Waals surface area contributed by atoms with E-state index in [0.717, 1.165) is 0 Å². The summed E-state index contributed by atoms with van der Waals surface area (Å²) in [5.74, 6) is -2.31. The molecule has 0 aromatic carbocycles. The molecule has 15 heteroatoms. The van der Waals surface area contributed by atoms with Crippen molar-refractivity contribution in [2.45, 2.75) is 107 Å². The molecule has 2 heterocycles. The lowest BCUT2D eigenvalue weighted by Crippen LogP contribution is -2.63. The smallest absolute Gasteiger partial charge is 0.335 e. The summed E-state index contributed by atoms with van der Waals surface area (Å²) in [7, 11) is 0. The highest BCUT2D eigenvalue weighted by Crippen LogP contribution is 2.29. The van der Waals surface area contributed by atoms with Crippen LogP contribution in [-0.4, -0.2) is 143 Å². The lowest BCUT2D eigenvalue weighted by atomic mass is 9.96. The summed E-state index contributed by atoms with van der Waals surface area (Å²) in [6.45, 7) is 4.36. The van der Waals surface area contributed by atoms with Crippen molar-refractivity contribution in [3.63, 3.8) is 0 Å². The number of aliphatic hydroxyl groups is 9. The van der Waals surface area contributed by atoms with Crippen molar-refractivity contribution in [1.82, 2.24) is 0 Å². The molecule has 10 N–H and O–H groups in total. The minimum atomic E-state index is -2.27. The fourth-order valence-electron chi connectivity index (χ4n) is 3.64. The molecule has 0 aromatic heterocycles. The first-order chi connectivity index (χ1) is 15.7. The molecule has 2 fully saturated rings. The number of hydrogen-bond donors (Lipinski definition) is 10. The number of rotatable bonds is 9. The third-order valence-electron chi connectivity index (χ3n) is 5.85. The van der Waals surface area contributed by atoms with Crippen LogP contribution >= 0.6 is 0 Å². The van der Waals surface area contributed by atoms with Crippen molar-refractivity contribution in [2.24, 2.45) is 5.92 Å². The third kappa shape index (κ3) is 6.19. The van der Waals surface area contributed by atoms with Gasteiger partial charge in [-0.15, -0.1) is 0 Å². The molecule has 8 unspecified atom stereocenters. The lowest BCUT2D eigenvalue weighted by Gasteiger charge is -2.43. The Hall–Kier alpha value is -1.05. The van der Waals surface area contributed by atoms with Gasteiger partial charge in [0.25, 0.3) is 0 Å². The zero-order valence-electron chi connectivity index (χ0n) is 18.7. The molecule has 0 aliphatic carbocycles. The zero-order chi connectivity index (χ0) is 26.1. The van der Waals surface area contributed by atoms with Crippen molar-refractivity contribution < 1.29 is 74.8 Å². The van der Waals surface area contributed by atoms with E-state index in [1.807, 2.05) is 0 Å². The van der Waals surface area contributed by atoms with Gasteiger partial charge in [0.15, 0.2) is 25.0 Å². The van der Waals surface area contributed by atoms with Crippen LogP contribution < -0.4 is 0 Å². The van der Waals surface area contributed by atoms with E-state index in [-0.39, 0.29) is 0 Å². The number of carboxylic acid groups (broad SMARTS) is 1. The lowest BCUT2D eigenvalue weighted by molar-refractivity contribution is -0.354. The number of ether oxygens (including phenoxy) is 4. The van der Waals surface area contributed by atoms with Gasteiger partial charge in [0, 0.05) is 0 Å². The van der Waals surface area contributed by atoms with Gasteiger partial charge in [-0.2, -0.15) is 0 Å². The maximum atomic E-state index is 11.3. The molecule has 200 valence electrons. The molecule has 0 amide bonds. The van der Waals surface area contributed by atoms with E-state index in [4.69, 9.17) is 18.9 Å². The molecule has 2 rings (SSSR count). The summed E-state index contributed by atoms with van der Waals surface area (Å²) >= 11 is 0. The van der Waals surface area contributed by atoms with Crippen molar-refractivity contribution in [3.8, 4) is 0 Å². The highest BCUT2D eigenvalue weighted by molar-refractivity contribution is 5.73. The Morgan fingerprint density at radius 1 is 0.794 bits per heavy atom. The van der Waals surface area contributed by atoms with Crippen molar-refractivity contribution in [1.29, 1.82) is 0 Å². The minimum absolute atomic E-state index is 0.606. The second kappa shape index (κ2) is 11.8. The topological polar surface area (TPSA) is 256 Å². The van der Waals surface area contributed by atoms with Crippen LogP contribution in [0.4, 0.5) is 0 Å². The summed E-state index contributed by atoms with van der Waals surface area (Å²) in [4.78, 5) is 11.3. The maximum Gasteiger partial charge on any atom is 0.335 e. The average Bonchev–Trinajstić information content (AvgIpc) is 2.77. The molecule has 2 saturated heterocycles. The quantitative estimate of drug-likeness (QED) is 0.132. The van der Waals surface area contributed by atoms with Gasteiger partial charge in [-0.25, -0.2) is 4.79 Å². The number of carboxylic acids is 1. The molecule has 0 saturated carbocycles. The highest BCUT2D eigenvalue weighted by atomic mass is 16.7. The fourth-order valence-corrected chi connectivity index (χ4v) is 3.64. The van der Waals surface area contributed by atoms with E-state index in [0.29, 0.717) is 0 Å². The molecule has 0 aromatic rings.